The lowest BCUT2D eigenvalue weighted by Gasteiger charge is -2.01. The van der Waals surface area contributed by atoms with Crippen molar-refractivity contribution in [3.05, 3.63) is 59.4 Å². The van der Waals surface area contributed by atoms with Crippen LogP contribution in [0, 0.1) is 0 Å². The van der Waals surface area contributed by atoms with Gasteiger partial charge < -0.3 is 0 Å². The van der Waals surface area contributed by atoms with E-state index in [1.165, 1.54) is 4.70 Å². The molecule has 0 fully saturated rings. The number of pyridine rings is 1. The molecule has 0 amide bonds. The van der Waals surface area contributed by atoms with Crippen LogP contribution < -0.4 is 0 Å². The Morgan fingerprint density at radius 3 is 2.75 bits per heavy atom. The molecule has 0 aliphatic heterocycles. The highest BCUT2D eigenvalue weighted by molar-refractivity contribution is 7.18. The predicted molar refractivity (Wildman–Crippen MR) is 84.4 cm³/mol. The van der Waals surface area contributed by atoms with E-state index in [-0.39, 0.29) is 0 Å². The smallest absolute Gasteiger partial charge is 0.115 e. The normalized spacial score (nSPS) is 11.9. The number of aromatic nitrogens is 2. The fraction of sp³-hybridized carbons (Fsp3) is 0.188. The van der Waals surface area contributed by atoms with Crippen LogP contribution in [-0.4, -0.2) is 15.7 Å². The summed E-state index contributed by atoms with van der Waals surface area (Å²) < 4.78 is 1.22. The van der Waals surface area contributed by atoms with Gasteiger partial charge in [-0.2, -0.15) is 0 Å². The van der Waals surface area contributed by atoms with E-state index in [0.717, 1.165) is 28.4 Å². The molecule has 0 bridgehead atoms. The van der Waals surface area contributed by atoms with Gasteiger partial charge in [0.05, 0.1) is 28.2 Å². The van der Waals surface area contributed by atoms with E-state index in [4.69, 9.17) is 0 Å². The number of benzene rings is 1. The number of thiazole rings is 1. The second-order valence-corrected chi connectivity index (χ2v) is 5.52. The minimum Gasteiger partial charge on any atom is -0.280 e. The summed E-state index contributed by atoms with van der Waals surface area (Å²) in [4.78, 5) is 13.6. The van der Waals surface area contributed by atoms with Crippen LogP contribution in [0.25, 0.3) is 10.2 Å². The minimum absolute atomic E-state index is 0.624. The molecule has 0 atom stereocenters. The summed E-state index contributed by atoms with van der Waals surface area (Å²) in [5, 5.41) is 1.05. The van der Waals surface area contributed by atoms with Crippen molar-refractivity contribution in [1.82, 2.24) is 9.97 Å². The molecule has 3 aromatic rings. The maximum Gasteiger partial charge on any atom is 0.115 e. The van der Waals surface area contributed by atoms with Gasteiger partial charge in [-0.25, -0.2) is 4.98 Å². The Kier molecular flexibility index (Phi) is 3.83. The van der Waals surface area contributed by atoms with Crippen LogP contribution in [-0.2, 0) is 6.54 Å². The predicted octanol–water partition coefficient (Wildman–Crippen LogP) is 4.09. The summed E-state index contributed by atoms with van der Waals surface area (Å²) in [6.45, 7) is 2.73. The molecule has 2 heterocycles. The fourth-order valence-corrected chi connectivity index (χ4v) is 2.95. The average Bonchev–Trinajstić information content (AvgIpc) is 2.92. The van der Waals surface area contributed by atoms with Gasteiger partial charge in [-0.1, -0.05) is 25.1 Å². The summed E-state index contributed by atoms with van der Waals surface area (Å²) in [7, 11) is 0. The van der Waals surface area contributed by atoms with Gasteiger partial charge in [-0.3, -0.25) is 9.98 Å². The highest BCUT2D eigenvalue weighted by Crippen LogP contribution is 2.22. The molecule has 2 aromatic heterocycles. The quantitative estimate of drug-likeness (QED) is 0.675. The van der Waals surface area contributed by atoms with E-state index in [9.17, 15) is 0 Å². The zero-order valence-corrected chi connectivity index (χ0v) is 12.1. The van der Waals surface area contributed by atoms with Crippen LogP contribution in [0.1, 0.15) is 24.0 Å². The van der Waals surface area contributed by atoms with E-state index < -0.39 is 0 Å². The lowest BCUT2D eigenvalue weighted by Crippen LogP contribution is -2.02. The summed E-state index contributed by atoms with van der Waals surface area (Å²) in [6.07, 6.45) is 2.68. The first-order valence-electron chi connectivity index (χ1n) is 6.66. The van der Waals surface area contributed by atoms with Crippen LogP contribution in [0.4, 0.5) is 0 Å². The van der Waals surface area contributed by atoms with Crippen molar-refractivity contribution in [3.63, 3.8) is 0 Å². The van der Waals surface area contributed by atoms with E-state index in [0.29, 0.717) is 6.54 Å². The number of hydrogen-bond donors (Lipinski definition) is 0. The van der Waals surface area contributed by atoms with E-state index in [1.54, 1.807) is 17.5 Å². The van der Waals surface area contributed by atoms with Gasteiger partial charge in [0.15, 0.2) is 0 Å². The molecule has 0 saturated carbocycles. The van der Waals surface area contributed by atoms with Crippen molar-refractivity contribution in [3.8, 4) is 0 Å². The second-order valence-electron chi connectivity index (χ2n) is 4.41. The molecule has 100 valence electrons. The van der Waals surface area contributed by atoms with E-state index >= 15 is 0 Å². The van der Waals surface area contributed by atoms with Gasteiger partial charge in [0.1, 0.15) is 5.01 Å². The Morgan fingerprint density at radius 2 is 2.00 bits per heavy atom. The van der Waals surface area contributed by atoms with Gasteiger partial charge in [-0.15, -0.1) is 11.3 Å². The van der Waals surface area contributed by atoms with Gasteiger partial charge in [-0.05, 0) is 30.7 Å². The van der Waals surface area contributed by atoms with E-state index in [2.05, 4.69) is 28.0 Å². The van der Waals surface area contributed by atoms with Crippen molar-refractivity contribution in [2.24, 2.45) is 4.99 Å². The molecule has 20 heavy (non-hydrogen) atoms. The van der Waals surface area contributed by atoms with Crippen LogP contribution in [0.15, 0.2) is 53.7 Å². The van der Waals surface area contributed by atoms with Crippen LogP contribution >= 0.6 is 11.3 Å². The highest BCUT2D eigenvalue weighted by atomic mass is 32.1. The largest absolute Gasteiger partial charge is 0.280 e. The molecule has 0 aliphatic rings. The molecule has 0 spiro atoms. The number of aliphatic imine (C=N–C) groups is 1. The SMILES string of the molecule is CCC(=NCc1nc2ccccc2s1)c1ccccn1. The number of para-hydroxylation sites is 1. The van der Waals surface area contributed by atoms with Gasteiger partial charge in [0, 0.05) is 6.20 Å². The first kappa shape index (κ1) is 12.9. The van der Waals surface area contributed by atoms with Crippen molar-refractivity contribution in [2.45, 2.75) is 19.9 Å². The maximum atomic E-state index is 4.68. The molecule has 0 saturated heterocycles. The Hall–Kier alpha value is -2.07. The molecule has 3 rings (SSSR count). The summed E-state index contributed by atoms with van der Waals surface area (Å²) in [5.41, 5.74) is 3.04. The van der Waals surface area contributed by atoms with Crippen molar-refractivity contribution < 1.29 is 0 Å². The zero-order chi connectivity index (χ0) is 13.8. The molecule has 1 aromatic carbocycles. The van der Waals surface area contributed by atoms with Crippen molar-refractivity contribution in [1.29, 1.82) is 0 Å². The molecule has 4 heteroatoms. The first-order chi connectivity index (χ1) is 9.86. The standard InChI is InChI=1S/C16H15N3S/c1-2-12(13-7-5-6-10-17-13)18-11-16-19-14-8-3-4-9-15(14)20-16/h3-10H,2,11H2,1H3. The third-order valence-electron chi connectivity index (χ3n) is 3.04. The molecular formula is C16H15N3S. The summed E-state index contributed by atoms with van der Waals surface area (Å²) in [5.74, 6) is 0. The maximum absolute atomic E-state index is 4.68. The van der Waals surface area contributed by atoms with Gasteiger partial charge in [0.25, 0.3) is 0 Å². The molecule has 0 N–H and O–H groups in total. The molecule has 0 unspecified atom stereocenters. The number of rotatable bonds is 4. The number of fused-ring (bicyclic) bond motifs is 1. The van der Waals surface area contributed by atoms with Crippen molar-refractivity contribution in [2.75, 3.05) is 0 Å². The van der Waals surface area contributed by atoms with Crippen LogP contribution in [0.5, 0.6) is 0 Å². The Labute approximate surface area is 122 Å². The Morgan fingerprint density at radius 1 is 1.15 bits per heavy atom. The van der Waals surface area contributed by atoms with Crippen molar-refractivity contribution >= 4 is 27.3 Å². The molecule has 0 aliphatic carbocycles. The third kappa shape index (κ3) is 2.75. The summed E-state index contributed by atoms with van der Waals surface area (Å²) in [6, 6.07) is 14.1. The highest BCUT2D eigenvalue weighted by Gasteiger charge is 2.05. The molecule has 3 nitrogen and oxygen atoms in total. The van der Waals surface area contributed by atoms with E-state index in [1.807, 2.05) is 36.4 Å². The molecule has 0 radical (unpaired) electrons. The topological polar surface area (TPSA) is 38.1 Å². The minimum atomic E-state index is 0.624. The Bertz CT molecular complexity index is 699. The zero-order valence-electron chi connectivity index (χ0n) is 11.3. The number of hydrogen-bond acceptors (Lipinski definition) is 4. The van der Waals surface area contributed by atoms with Gasteiger partial charge in [0.2, 0.25) is 0 Å². The van der Waals surface area contributed by atoms with Crippen LogP contribution in [0.2, 0.25) is 0 Å². The lowest BCUT2D eigenvalue weighted by molar-refractivity contribution is 1.02. The first-order valence-corrected chi connectivity index (χ1v) is 7.47. The fourth-order valence-electron chi connectivity index (χ4n) is 2.06. The monoisotopic (exact) mass is 281 g/mol. The average molecular weight is 281 g/mol. The molecular weight excluding hydrogens is 266 g/mol. The Balaban J connectivity index is 1.84. The lowest BCUT2D eigenvalue weighted by atomic mass is 10.2. The second kappa shape index (κ2) is 5.92. The van der Waals surface area contributed by atoms with Gasteiger partial charge >= 0.3 is 0 Å². The van der Waals surface area contributed by atoms with Crippen LogP contribution in [0.3, 0.4) is 0 Å². The summed E-state index contributed by atoms with van der Waals surface area (Å²) >= 11 is 1.71. The number of nitrogens with zero attached hydrogens (tertiary/aromatic N) is 3. The third-order valence-corrected chi connectivity index (χ3v) is 4.06.